The molecule has 0 spiro atoms. The number of hydrogen-bond acceptors (Lipinski definition) is 3. The molecule has 1 aromatic carbocycles. The van der Waals surface area contributed by atoms with Crippen molar-refractivity contribution in [2.45, 2.75) is 19.8 Å². The van der Waals surface area contributed by atoms with Gasteiger partial charge in [0, 0.05) is 24.7 Å². The fourth-order valence-electron chi connectivity index (χ4n) is 2.39. The van der Waals surface area contributed by atoms with Gasteiger partial charge in [-0.25, -0.2) is 0 Å². The summed E-state index contributed by atoms with van der Waals surface area (Å²) in [7, 11) is 0. The van der Waals surface area contributed by atoms with Gasteiger partial charge in [-0.05, 0) is 25.8 Å². The Balaban J connectivity index is 1.85. The molecule has 1 aliphatic rings. The van der Waals surface area contributed by atoms with Crippen LogP contribution in [0.25, 0.3) is 11.3 Å². The maximum Gasteiger partial charge on any atom is 0.276 e. The molecule has 3 rings (SSSR count). The largest absolute Gasteiger partial charge is 0.355 e. The molecule has 4 heteroatoms. The third kappa shape index (κ3) is 2.38. The molecule has 0 saturated carbocycles. The van der Waals surface area contributed by atoms with Crippen LogP contribution in [0.5, 0.6) is 0 Å². The maximum atomic E-state index is 12.2. The lowest BCUT2D eigenvalue weighted by Gasteiger charge is -2.12. The Labute approximate surface area is 112 Å². The number of rotatable bonds is 2. The van der Waals surface area contributed by atoms with Crippen molar-refractivity contribution in [3.05, 3.63) is 41.6 Å². The molecule has 1 saturated heterocycles. The highest BCUT2D eigenvalue weighted by Gasteiger charge is 2.22. The Bertz CT molecular complexity index is 598. The van der Waals surface area contributed by atoms with Crippen molar-refractivity contribution in [1.29, 1.82) is 0 Å². The maximum absolute atomic E-state index is 12.2. The van der Waals surface area contributed by atoms with E-state index in [1.165, 1.54) is 0 Å². The van der Waals surface area contributed by atoms with Gasteiger partial charge in [0.15, 0.2) is 11.5 Å². The van der Waals surface area contributed by atoms with Crippen molar-refractivity contribution in [3.63, 3.8) is 0 Å². The average molecular weight is 256 g/mol. The summed E-state index contributed by atoms with van der Waals surface area (Å²) in [6, 6.07) is 9.70. The topological polar surface area (TPSA) is 46.3 Å². The summed E-state index contributed by atoms with van der Waals surface area (Å²) in [5, 5.41) is 3.90. The van der Waals surface area contributed by atoms with Crippen LogP contribution in [0, 0.1) is 6.92 Å². The quantitative estimate of drug-likeness (QED) is 0.830. The minimum Gasteiger partial charge on any atom is -0.355 e. The van der Waals surface area contributed by atoms with Gasteiger partial charge in [0.2, 0.25) is 0 Å². The van der Waals surface area contributed by atoms with Crippen LogP contribution in [-0.4, -0.2) is 29.1 Å². The first-order valence-corrected chi connectivity index (χ1v) is 6.57. The van der Waals surface area contributed by atoms with E-state index in [1.807, 2.05) is 36.1 Å². The minimum absolute atomic E-state index is 0.0276. The number of amides is 1. The van der Waals surface area contributed by atoms with Crippen LogP contribution < -0.4 is 0 Å². The highest BCUT2D eigenvalue weighted by molar-refractivity contribution is 5.93. The molecular weight excluding hydrogens is 240 g/mol. The van der Waals surface area contributed by atoms with Crippen molar-refractivity contribution in [3.8, 4) is 11.3 Å². The molecule has 0 bridgehead atoms. The van der Waals surface area contributed by atoms with E-state index in [1.54, 1.807) is 6.07 Å². The van der Waals surface area contributed by atoms with Gasteiger partial charge >= 0.3 is 0 Å². The molecule has 0 aliphatic carbocycles. The van der Waals surface area contributed by atoms with E-state index in [0.29, 0.717) is 11.5 Å². The molecule has 0 atom stereocenters. The number of carbonyl (C=O) groups is 1. The van der Waals surface area contributed by atoms with E-state index in [4.69, 9.17) is 4.52 Å². The molecule has 4 nitrogen and oxygen atoms in total. The van der Waals surface area contributed by atoms with Gasteiger partial charge in [-0.3, -0.25) is 4.79 Å². The first kappa shape index (κ1) is 12.0. The molecule has 1 aromatic heterocycles. The number of likely N-dealkylation sites (tertiary alicyclic amines) is 1. The molecule has 19 heavy (non-hydrogen) atoms. The van der Waals surface area contributed by atoms with Crippen LogP contribution in [0.4, 0.5) is 0 Å². The van der Waals surface area contributed by atoms with Gasteiger partial charge in [0.1, 0.15) is 0 Å². The minimum atomic E-state index is -0.0276. The van der Waals surface area contributed by atoms with E-state index in [9.17, 15) is 4.79 Å². The fraction of sp³-hybridized carbons (Fsp3) is 0.333. The van der Waals surface area contributed by atoms with Crippen molar-refractivity contribution in [2.24, 2.45) is 0 Å². The van der Waals surface area contributed by atoms with Gasteiger partial charge in [0.05, 0.1) is 0 Å². The lowest BCUT2D eigenvalue weighted by molar-refractivity contribution is 0.0782. The monoisotopic (exact) mass is 256 g/mol. The Morgan fingerprint density at radius 2 is 2.05 bits per heavy atom. The normalized spacial score (nSPS) is 14.9. The Morgan fingerprint density at radius 1 is 1.26 bits per heavy atom. The van der Waals surface area contributed by atoms with E-state index >= 15 is 0 Å². The number of carbonyl (C=O) groups excluding carboxylic acids is 1. The number of benzene rings is 1. The molecule has 0 radical (unpaired) electrons. The summed E-state index contributed by atoms with van der Waals surface area (Å²) >= 11 is 0. The Hall–Kier alpha value is -2.10. The van der Waals surface area contributed by atoms with Crippen LogP contribution in [0.1, 0.15) is 28.9 Å². The van der Waals surface area contributed by atoms with Crippen LogP contribution >= 0.6 is 0 Å². The molecule has 0 unspecified atom stereocenters. The van der Waals surface area contributed by atoms with Crippen LogP contribution in [0.2, 0.25) is 0 Å². The summed E-state index contributed by atoms with van der Waals surface area (Å²) in [5.74, 6) is 0.617. The van der Waals surface area contributed by atoms with Crippen molar-refractivity contribution >= 4 is 5.91 Å². The van der Waals surface area contributed by atoms with Gasteiger partial charge in [-0.2, -0.15) is 0 Å². The number of aromatic nitrogens is 1. The summed E-state index contributed by atoms with van der Waals surface area (Å²) in [6.07, 6.45) is 2.16. The zero-order chi connectivity index (χ0) is 13.2. The van der Waals surface area contributed by atoms with E-state index in [0.717, 1.165) is 37.1 Å². The predicted molar refractivity (Wildman–Crippen MR) is 71.8 cm³/mol. The second-order valence-electron chi connectivity index (χ2n) is 4.95. The number of nitrogens with zero attached hydrogens (tertiary/aromatic N) is 2. The molecule has 2 heterocycles. The smallest absolute Gasteiger partial charge is 0.276 e. The molecular formula is C15H16N2O2. The summed E-state index contributed by atoms with van der Waals surface area (Å²) in [4.78, 5) is 14.0. The fourth-order valence-corrected chi connectivity index (χ4v) is 2.39. The molecule has 98 valence electrons. The standard InChI is InChI=1S/C15H16N2O2/c1-11-5-4-6-12(9-11)14-10-13(16-19-14)15(18)17-7-2-3-8-17/h4-6,9-10H,2-3,7-8H2,1H3. The molecule has 1 amide bonds. The average Bonchev–Trinajstić information content (AvgIpc) is 3.10. The van der Waals surface area contributed by atoms with Crippen molar-refractivity contribution in [1.82, 2.24) is 10.1 Å². The van der Waals surface area contributed by atoms with Crippen LogP contribution in [-0.2, 0) is 0 Å². The first-order chi connectivity index (χ1) is 9.24. The molecule has 1 fully saturated rings. The summed E-state index contributed by atoms with van der Waals surface area (Å²) in [6.45, 7) is 3.67. The van der Waals surface area contributed by atoms with Crippen LogP contribution in [0.3, 0.4) is 0 Å². The van der Waals surface area contributed by atoms with Gasteiger partial charge < -0.3 is 9.42 Å². The Morgan fingerprint density at radius 3 is 2.79 bits per heavy atom. The summed E-state index contributed by atoms with van der Waals surface area (Å²) in [5.41, 5.74) is 2.51. The SMILES string of the molecule is Cc1cccc(-c2cc(C(=O)N3CCCC3)no2)c1. The van der Waals surface area contributed by atoms with Crippen LogP contribution in [0.15, 0.2) is 34.9 Å². The molecule has 2 aromatic rings. The number of hydrogen-bond donors (Lipinski definition) is 0. The lowest BCUT2D eigenvalue weighted by Crippen LogP contribution is -2.27. The number of aryl methyl sites for hydroxylation is 1. The highest BCUT2D eigenvalue weighted by atomic mass is 16.5. The van der Waals surface area contributed by atoms with Gasteiger partial charge in [-0.15, -0.1) is 0 Å². The van der Waals surface area contributed by atoms with E-state index in [-0.39, 0.29) is 5.91 Å². The zero-order valence-corrected chi connectivity index (χ0v) is 10.9. The Kier molecular flexibility index (Phi) is 3.07. The second kappa shape index (κ2) is 4.88. The predicted octanol–water partition coefficient (Wildman–Crippen LogP) is 2.89. The molecule has 1 aliphatic heterocycles. The van der Waals surface area contributed by atoms with Crippen molar-refractivity contribution < 1.29 is 9.32 Å². The van der Waals surface area contributed by atoms with Crippen molar-refractivity contribution in [2.75, 3.05) is 13.1 Å². The zero-order valence-electron chi connectivity index (χ0n) is 10.9. The van der Waals surface area contributed by atoms with E-state index < -0.39 is 0 Å². The van der Waals surface area contributed by atoms with Gasteiger partial charge in [-0.1, -0.05) is 28.9 Å². The first-order valence-electron chi connectivity index (χ1n) is 6.57. The second-order valence-corrected chi connectivity index (χ2v) is 4.95. The lowest BCUT2D eigenvalue weighted by atomic mass is 10.1. The highest BCUT2D eigenvalue weighted by Crippen LogP contribution is 2.22. The van der Waals surface area contributed by atoms with E-state index in [2.05, 4.69) is 5.16 Å². The van der Waals surface area contributed by atoms with Gasteiger partial charge in [0.25, 0.3) is 5.91 Å². The molecule has 0 N–H and O–H groups in total. The summed E-state index contributed by atoms with van der Waals surface area (Å²) < 4.78 is 5.29. The third-order valence-corrected chi connectivity index (χ3v) is 3.43. The third-order valence-electron chi connectivity index (χ3n) is 3.43.